The quantitative estimate of drug-likeness (QED) is 0.298. The number of hydrogen-bond donors (Lipinski definition) is 0. The Morgan fingerprint density at radius 1 is 1.15 bits per heavy atom. The van der Waals surface area contributed by atoms with Crippen molar-refractivity contribution in [1.29, 1.82) is 5.26 Å². The highest BCUT2D eigenvalue weighted by atomic mass is 32.2. The molecule has 0 atom stereocenters. The molecule has 0 bridgehead atoms. The van der Waals surface area contributed by atoms with E-state index in [0.29, 0.717) is 27.9 Å². The molecule has 0 saturated heterocycles. The molecular weight excluding hydrogens is 467 g/mol. The lowest BCUT2D eigenvalue weighted by Gasteiger charge is -2.20. The van der Waals surface area contributed by atoms with E-state index >= 15 is 0 Å². The number of imidazole rings is 1. The Hall–Kier alpha value is -3.07. The largest absolute Gasteiger partial charge is 0.485 e. The van der Waals surface area contributed by atoms with Crippen LogP contribution in [0.1, 0.15) is 20.8 Å². The van der Waals surface area contributed by atoms with Crippen molar-refractivity contribution >= 4 is 17.3 Å². The summed E-state index contributed by atoms with van der Waals surface area (Å²) in [5.41, 5.74) is -0.422. The maximum Gasteiger partial charge on any atom is 0.456 e. The molecule has 0 unspecified atom stereocenters. The van der Waals surface area contributed by atoms with Gasteiger partial charge in [0.25, 0.3) is 0 Å². The van der Waals surface area contributed by atoms with Gasteiger partial charge in [0, 0.05) is 11.1 Å². The van der Waals surface area contributed by atoms with Crippen molar-refractivity contribution in [2.24, 2.45) is 0 Å². The fourth-order valence-electron chi connectivity index (χ4n) is 2.78. The number of hydrogen-bond acceptors (Lipinski definition) is 6. The van der Waals surface area contributed by atoms with Crippen LogP contribution in [0.3, 0.4) is 0 Å². The molecule has 3 rings (SSSR count). The monoisotopic (exact) mass is 486 g/mol. The van der Waals surface area contributed by atoms with E-state index in [1.807, 2.05) is 13.0 Å². The van der Waals surface area contributed by atoms with E-state index in [-0.39, 0.29) is 11.3 Å². The Morgan fingerprint density at radius 3 is 2.52 bits per heavy atom. The third-order valence-corrected chi connectivity index (χ3v) is 5.25. The van der Waals surface area contributed by atoms with Gasteiger partial charge >= 0.3 is 12.1 Å². The SMILES string of the molecule is CCSc1cc(OC(C)(C)C#N)cnc1-c1ncc2c(OCC(F)(F)C(F)(F)F)cccn12. The third kappa shape index (κ3) is 5.30. The topological polar surface area (TPSA) is 72.4 Å². The Morgan fingerprint density at radius 2 is 1.88 bits per heavy atom. The molecular formula is C21H19F5N4O2S. The zero-order valence-corrected chi connectivity index (χ0v) is 18.6. The molecule has 33 heavy (non-hydrogen) atoms. The molecule has 0 aliphatic carbocycles. The Kier molecular flexibility index (Phi) is 6.74. The number of pyridine rings is 2. The molecule has 0 aromatic carbocycles. The fourth-order valence-corrected chi connectivity index (χ4v) is 3.57. The number of nitriles is 1. The second kappa shape index (κ2) is 9.05. The summed E-state index contributed by atoms with van der Waals surface area (Å²) < 4.78 is 75.9. The summed E-state index contributed by atoms with van der Waals surface area (Å²) in [7, 11) is 0. The lowest BCUT2D eigenvalue weighted by Crippen LogP contribution is -2.41. The van der Waals surface area contributed by atoms with E-state index in [1.165, 1.54) is 40.7 Å². The second-order valence-electron chi connectivity index (χ2n) is 7.38. The van der Waals surface area contributed by atoms with Gasteiger partial charge in [0.2, 0.25) is 0 Å². The standard InChI is InChI=1S/C21H19F5N4O2S/c1-4-33-16-8-13(32-19(2,3)11-27)9-28-17(16)18-29-10-14-15(6-5-7-30(14)18)31-12-20(22,23)21(24,25)26/h5-10H,4,12H2,1-3H3. The number of rotatable bonds is 8. The van der Waals surface area contributed by atoms with Gasteiger partial charge in [-0.15, -0.1) is 11.8 Å². The zero-order chi connectivity index (χ0) is 24.4. The number of ether oxygens (including phenoxy) is 2. The summed E-state index contributed by atoms with van der Waals surface area (Å²) in [6.45, 7) is 3.29. The first-order valence-electron chi connectivity index (χ1n) is 9.65. The molecule has 6 nitrogen and oxygen atoms in total. The summed E-state index contributed by atoms with van der Waals surface area (Å²) in [5.74, 6) is -3.78. The lowest BCUT2D eigenvalue weighted by atomic mass is 10.2. The zero-order valence-electron chi connectivity index (χ0n) is 17.8. The lowest BCUT2D eigenvalue weighted by molar-refractivity contribution is -0.289. The van der Waals surface area contributed by atoms with Crippen LogP contribution in [-0.4, -0.2) is 44.4 Å². The number of fused-ring (bicyclic) bond motifs is 1. The molecule has 0 N–H and O–H groups in total. The van der Waals surface area contributed by atoms with Crippen LogP contribution >= 0.6 is 11.8 Å². The number of alkyl halides is 5. The summed E-state index contributed by atoms with van der Waals surface area (Å²) in [5, 5.41) is 9.18. The Balaban J connectivity index is 1.98. The average Bonchev–Trinajstić information content (AvgIpc) is 3.16. The smallest absolute Gasteiger partial charge is 0.456 e. The van der Waals surface area contributed by atoms with Gasteiger partial charge in [-0.3, -0.25) is 4.40 Å². The second-order valence-corrected chi connectivity index (χ2v) is 8.68. The molecule has 176 valence electrons. The van der Waals surface area contributed by atoms with Crippen LogP contribution in [0.5, 0.6) is 11.5 Å². The van der Waals surface area contributed by atoms with Crippen molar-refractivity contribution in [2.75, 3.05) is 12.4 Å². The van der Waals surface area contributed by atoms with Crippen molar-refractivity contribution in [2.45, 2.75) is 43.4 Å². The summed E-state index contributed by atoms with van der Waals surface area (Å²) in [6.07, 6.45) is -1.41. The van der Waals surface area contributed by atoms with E-state index in [2.05, 4.69) is 9.97 Å². The van der Waals surface area contributed by atoms with Crippen LogP contribution in [0, 0.1) is 11.3 Å². The summed E-state index contributed by atoms with van der Waals surface area (Å²) >= 11 is 1.44. The first kappa shape index (κ1) is 24.6. The van der Waals surface area contributed by atoms with Crippen molar-refractivity contribution in [3.05, 3.63) is 36.8 Å². The molecule has 0 radical (unpaired) electrons. The summed E-state index contributed by atoms with van der Waals surface area (Å²) in [4.78, 5) is 9.38. The summed E-state index contributed by atoms with van der Waals surface area (Å²) in [6, 6.07) is 6.47. The highest BCUT2D eigenvalue weighted by Gasteiger charge is 2.58. The number of thioether (sulfide) groups is 1. The fraction of sp³-hybridized carbons (Fsp3) is 0.381. The normalized spacial score (nSPS) is 12.6. The van der Waals surface area contributed by atoms with Crippen LogP contribution in [-0.2, 0) is 0 Å². The minimum Gasteiger partial charge on any atom is -0.485 e. The van der Waals surface area contributed by atoms with Crippen molar-refractivity contribution < 1.29 is 31.4 Å². The van der Waals surface area contributed by atoms with E-state index in [0.717, 1.165) is 0 Å². The van der Waals surface area contributed by atoms with Crippen LogP contribution in [0.25, 0.3) is 17.0 Å². The number of halogens is 5. The highest BCUT2D eigenvalue weighted by molar-refractivity contribution is 7.99. The number of nitrogens with zero attached hydrogens (tertiary/aromatic N) is 4. The van der Waals surface area contributed by atoms with Crippen LogP contribution in [0.15, 0.2) is 41.7 Å². The molecule has 0 amide bonds. The minimum absolute atomic E-state index is 0.180. The van der Waals surface area contributed by atoms with Gasteiger partial charge < -0.3 is 9.47 Å². The maximum atomic E-state index is 13.3. The predicted octanol–water partition coefficient (Wildman–Crippen LogP) is 5.77. The maximum absolute atomic E-state index is 13.3. The molecule has 3 heterocycles. The van der Waals surface area contributed by atoms with Crippen LogP contribution < -0.4 is 9.47 Å². The molecule has 3 aromatic heterocycles. The van der Waals surface area contributed by atoms with Crippen LogP contribution in [0.4, 0.5) is 22.0 Å². The average molecular weight is 486 g/mol. The van der Waals surface area contributed by atoms with Crippen LogP contribution in [0.2, 0.25) is 0 Å². The van der Waals surface area contributed by atoms with Gasteiger partial charge in [-0.1, -0.05) is 6.92 Å². The first-order chi connectivity index (χ1) is 15.4. The van der Waals surface area contributed by atoms with E-state index in [4.69, 9.17) is 9.47 Å². The van der Waals surface area contributed by atoms with Gasteiger partial charge in [0.15, 0.2) is 18.0 Å². The highest BCUT2D eigenvalue weighted by Crippen LogP contribution is 2.37. The van der Waals surface area contributed by atoms with Gasteiger partial charge in [-0.05, 0) is 37.8 Å². The molecule has 0 aliphatic heterocycles. The molecule has 12 heteroatoms. The van der Waals surface area contributed by atoms with Gasteiger partial charge in [0.1, 0.15) is 28.8 Å². The first-order valence-corrected chi connectivity index (χ1v) is 10.6. The van der Waals surface area contributed by atoms with Gasteiger partial charge in [0.05, 0.1) is 12.4 Å². The van der Waals surface area contributed by atoms with Crippen molar-refractivity contribution in [1.82, 2.24) is 14.4 Å². The van der Waals surface area contributed by atoms with E-state index in [1.54, 1.807) is 26.1 Å². The third-order valence-electron chi connectivity index (χ3n) is 4.34. The molecule has 3 aromatic rings. The minimum atomic E-state index is -5.72. The van der Waals surface area contributed by atoms with Crippen molar-refractivity contribution in [3.8, 4) is 29.1 Å². The Labute approximate surface area is 190 Å². The predicted molar refractivity (Wildman–Crippen MR) is 112 cm³/mol. The van der Waals surface area contributed by atoms with E-state index < -0.39 is 24.3 Å². The molecule has 0 fully saturated rings. The number of aromatic nitrogens is 3. The van der Waals surface area contributed by atoms with Crippen molar-refractivity contribution in [3.63, 3.8) is 0 Å². The van der Waals surface area contributed by atoms with E-state index in [9.17, 15) is 27.2 Å². The molecule has 0 spiro atoms. The molecule has 0 aliphatic rings. The van der Waals surface area contributed by atoms with Gasteiger partial charge in [-0.25, -0.2) is 9.97 Å². The van der Waals surface area contributed by atoms with Gasteiger partial charge in [-0.2, -0.15) is 27.2 Å². The Bertz CT molecular complexity index is 1190. The molecule has 0 saturated carbocycles.